The number of nitro groups is 1. The van der Waals surface area contributed by atoms with Gasteiger partial charge in [0.2, 0.25) is 0 Å². The topological polar surface area (TPSA) is 55.6 Å². The monoisotopic (exact) mass is 332 g/mol. The van der Waals surface area contributed by atoms with E-state index < -0.39 is 0 Å². The summed E-state index contributed by atoms with van der Waals surface area (Å²) in [6, 6.07) is 13.0. The highest BCUT2D eigenvalue weighted by molar-refractivity contribution is 5.85. The van der Waals surface area contributed by atoms with Crippen molar-refractivity contribution < 1.29 is 9.66 Å². The Balaban J connectivity index is 0.00000156. The molecular weight excluding hydrogens is 316 g/mol. The van der Waals surface area contributed by atoms with Gasteiger partial charge in [-0.2, -0.15) is 0 Å². The predicted molar refractivity (Wildman–Crippen MR) is 89.8 cm³/mol. The van der Waals surface area contributed by atoms with Crippen LogP contribution in [0, 0.1) is 10.1 Å². The standard InChI is InChI=1S/C17H16N2O3.ClH/c1-18-9-14-12-4-2-3-5-16(12)22-17-7-6-11(19(20)21)8-13(17)15(14)10-18;/h2-8,14-15H,9-10H2,1H3;1H/t14-,15-;/m1./s1. The number of hydrogen-bond donors (Lipinski definition) is 0. The molecule has 0 radical (unpaired) electrons. The Morgan fingerprint density at radius 3 is 2.48 bits per heavy atom. The number of nitro benzene ring substituents is 1. The van der Waals surface area contributed by atoms with Crippen LogP contribution in [0.2, 0.25) is 0 Å². The van der Waals surface area contributed by atoms with Crippen LogP contribution >= 0.6 is 12.4 Å². The van der Waals surface area contributed by atoms with Gasteiger partial charge < -0.3 is 9.64 Å². The van der Waals surface area contributed by atoms with Crippen molar-refractivity contribution in [2.24, 2.45) is 0 Å². The van der Waals surface area contributed by atoms with E-state index in [0.717, 1.165) is 30.2 Å². The van der Waals surface area contributed by atoms with Crippen molar-refractivity contribution >= 4 is 18.1 Å². The van der Waals surface area contributed by atoms with E-state index in [1.54, 1.807) is 12.1 Å². The van der Waals surface area contributed by atoms with Crippen LogP contribution in [0.15, 0.2) is 42.5 Å². The Morgan fingerprint density at radius 2 is 1.74 bits per heavy atom. The lowest BCUT2D eigenvalue weighted by molar-refractivity contribution is -0.384. The Hall–Kier alpha value is -2.11. The molecule has 4 rings (SSSR count). The lowest BCUT2D eigenvalue weighted by atomic mass is 9.84. The summed E-state index contributed by atoms with van der Waals surface area (Å²) in [5.41, 5.74) is 2.26. The quantitative estimate of drug-likeness (QED) is 0.586. The number of hydrogen-bond acceptors (Lipinski definition) is 4. The summed E-state index contributed by atoms with van der Waals surface area (Å²) < 4.78 is 6.07. The minimum Gasteiger partial charge on any atom is -0.457 e. The van der Waals surface area contributed by atoms with E-state index in [2.05, 4.69) is 18.0 Å². The third kappa shape index (κ3) is 2.56. The van der Waals surface area contributed by atoms with Crippen LogP contribution in [0.4, 0.5) is 5.69 Å². The lowest BCUT2D eigenvalue weighted by Crippen LogP contribution is -2.14. The summed E-state index contributed by atoms with van der Waals surface area (Å²) >= 11 is 0. The molecule has 2 aromatic carbocycles. The number of likely N-dealkylation sites (N-methyl/N-ethyl adjacent to an activating group) is 1. The summed E-state index contributed by atoms with van der Waals surface area (Å²) in [5.74, 6) is 2.13. The third-order valence-electron chi connectivity index (χ3n) is 4.64. The molecule has 0 aromatic heterocycles. The Labute approximate surface area is 140 Å². The number of non-ortho nitro benzene ring substituents is 1. The Bertz CT molecular complexity index is 765. The highest BCUT2D eigenvalue weighted by atomic mass is 35.5. The molecule has 120 valence electrons. The number of likely N-dealkylation sites (tertiary alicyclic amines) is 1. The fourth-order valence-electron chi connectivity index (χ4n) is 3.66. The maximum Gasteiger partial charge on any atom is 0.269 e. The molecule has 0 spiro atoms. The second-order valence-electron chi connectivity index (χ2n) is 6.05. The number of nitrogens with zero attached hydrogens (tertiary/aromatic N) is 2. The molecule has 2 heterocycles. The first-order valence-corrected chi connectivity index (χ1v) is 7.37. The Morgan fingerprint density at radius 1 is 1.09 bits per heavy atom. The minimum atomic E-state index is -0.341. The second-order valence-corrected chi connectivity index (χ2v) is 6.05. The summed E-state index contributed by atoms with van der Waals surface area (Å²) in [6.45, 7) is 1.82. The largest absolute Gasteiger partial charge is 0.457 e. The molecule has 0 unspecified atom stereocenters. The van der Waals surface area contributed by atoms with Gasteiger partial charge in [-0.05, 0) is 24.7 Å². The summed E-state index contributed by atoms with van der Waals surface area (Å²) in [4.78, 5) is 13.0. The van der Waals surface area contributed by atoms with Gasteiger partial charge in [-0.15, -0.1) is 12.4 Å². The molecule has 1 saturated heterocycles. The normalized spacial score (nSPS) is 22.0. The van der Waals surface area contributed by atoms with E-state index in [9.17, 15) is 10.1 Å². The van der Waals surface area contributed by atoms with Gasteiger partial charge in [0.1, 0.15) is 11.5 Å². The van der Waals surface area contributed by atoms with Crippen LogP contribution in [-0.4, -0.2) is 30.0 Å². The van der Waals surface area contributed by atoms with E-state index >= 15 is 0 Å². The molecule has 1 fully saturated rings. The number of ether oxygens (including phenoxy) is 1. The van der Waals surface area contributed by atoms with Gasteiger partial charge in [0.25, 0.3) is 5.69 Å². The lowest BCUT2D eigenvalue weighted by Gasteiger charge is -2.16. The van der Waals surface area contributed by atoms with Crippen LogP contribution in [0.5, 0.6) is 11.5 Å². The summed E-state index contributed by atoms with van der Waals surface area (Å²) in [5, 5.41) is 11.1. The van der Waals surface area contributed by atoms with Crippen LogP contribution in [-0.2, 0) is 0 Å². The van der Waals surface area contributed by atoms with E-state index in [1.165, 1.54) is 11.6 Å². The number of para-hydroxylation sites is 1. The zero-order chi connectivity index (χ0) is 15.3. The number of rotatable bonds is 1. The number of benzene rings is 2. The molecule has 2 aromatic rings. The van der Waals surface area contributed by atoms with Crippen molar-refractivity contribution in [3.63, 3.8) is 0 Å². The van der Waals surface area contributed by atoms with Crippen molar-refractivity contribution in [3.05, 3.63) is 63.7 Å². The zero-order valence-electron chi connectivity index (χ0n) is 12.6. The molecule has 2 aliphatic heterocycles. The SMILES string of the molecule is CN1C[C@@H]2c3ccccc3Oc3ccc([N+](=O)[O-])cc3[C@H]2C1.Cl. The van der Waals surface area contributed by atoms with Crippen LogP contribution in [0.25, 0.3) is 0 Å². The highest BCUT2D eigenvalue weighted by Crippen LogP contribution is 2.49. The summed E-state index contributed by atoms with van der Waals surface area (Å²) in [7, 11) is 2.09. The molecule has 0 amide bonds. The van der Waals surface area contributed by atoms with Gasteiger partial charge in [-0.3, -0.25) is 10.1 Å². The van der Waals surface area contributed by atoms with Gasteiger partial charge >= 0.3 is 0 Å². The molecule has 0 bridgehead atoms. The predicted octanol–water partition coefficient (Wildman–Crippen LogP) is 3.94. The molecule has 0 saturated carbocycles. The summed E-state index contributed by atoms with van der Waals surface area (Å²) in [6.07, 6.45) is 0. The van der Waals surface area contributed by atoms with Gasteiger partial charge in [-0.1, -0.05) is 18.2 Å². The highest BCUT2D eigenvalue weighted by Gasteiger charge is 2.39. The molecule has 0 N–H and O–H groups in total. The van der Waals surface area contributed by atoms with Crippen LogP contribution < -0.4 is 4.74 Å². The average Bonchev–Trinajstić information content (AvgIpc) is 2.84. The maximum atomic E-state index is 11.1. The molecule has 2 aliphatic rings. The van der Waals surface area contributed by atoms with Crippen LogP contribution in [0.3, 0.4) is 0 Å². The molecular formula is C17H17ClN2O3. The molecule has 6 heteroatoms. The number of halogens is 1. The number of fused-ring (bicyclic) bond motifs is 5. The fourth-order valence-corrected chi connectivity index (χ4v) is 3.66. The van der Waals surface area contributed by atoms with Gasteiger partial charge in [0.15, 0.2) is 0 Å². The van der Waals surface area contributed by atoms with Gasteiger partial charge in [0, 0.05) is 42.6 Å². The van der Waals surface area contributed by atoms with Crippen molar-refractivity contribution in [1.82, 2.24) is 4.90 Å². The van der Waals surface area contributed by atoms with Crippen molar-refractivity contribution in [1.29, 1.82) is 0 Å². The van der Waals surface area contributed by atoms with Crippen molar-refractivity contribution in [2.45, 2.75) is 11.8 Å². The molecule has 0 aliphatic carbocycles. The molecule has 23 heavy (non-hydrogen) atoms. The smallest absolute Gasteiger partial charge is 0.269 e. The maximum absolute atomic E-state index is 11.1. The van der Waals surface area contributed by atoms with Gasteiger partial charge in [-0.25, -0.2) is 0 Å². The van der Waals surface area contributed by atoms with Gasteiger partial charge in [0.05, 0.1) is 4.92 Å². The van der Waals surface area contributed by atoms with E-state index in [-0.39, 0.29) is 28.9 Å². The minimum absolute atomic E-state index is 0. The van der Waals surface area contributed by atoms with Crippen molar-refractivity contribution in [2.75, 3.05) is 20.1 Å². The Kier molecular flexibility index (Phi) is 4.00. The zero-order valence-corrected chi connectivity index (χ0v) is 13.5. The first kappa shape index (κ1) is 15.8. The molecule has 2 atom stereocenters. The average molecular weight is 333 g/mol. The van der Waals surface area contributed by atoms with E-state index in [4.69, 9.17) is 4.74 Å². The second kappa shape index (κ2) is 5.83. The third-order valence-corrected chi connectivity index (χ3v) is 4.64. The van der Waals surface area contributed by atoms with Crippen molar-refractivity contribution in [3.8, 4) is 11.5 Å². The van der Waals surface area contributed by atoms with E-state index in [0.29, 0.717) is 5.92 Å². The fraction of sp³-hybridized carbons (Fsp3) is 0.294. The molecule has 5 nitrogen and oxygen atoms in total. The first-order chi connectivity index (χ1) is 10.6. The first-order valence-electron chi connectivity index (χ1n) is 7.37. The van der Waals surface area contributed by atoms with E-state index in [1.807, 2.05) is 18.2 Å². The van der Waals surface area contributed by atoms with Crippen LogP contribution in [0.1, 0.15) is 23.0 Å².